The van der Waals surface area contributed by atoms with Crippen molar-refractivity contribution in [3.05, 3.63) is 64.5 Å². The minimum Gasteiger partial charge on any atom is -0.367 e. The summed E-state index contributed by atoms with van der Waals surface area (Å²) in [6.45, 7) is 1.82. The second-order valence-corrected chi connectivity index (χ2v) is 8.35. The van der Waals surface area contributed by atoms with E-state index < -0.39 is 0 Å². The summed E-state index contributed by atoms with van der Waals surface area (Å²) in [4.78, 5) is 21.3. The van der Waals surface area contributed by atoms with Crippen molar-refractivity contribution in [2.75, 3.05) is 5.32 Å². The third kappa shape index (κ3) is 4.03. The quantitative estimate of drug-likeness (QED) is 0.609. The van der Waals surface area contributed by atoms with Crippen LogP contribution in [0.15, 0.2) is 58.3 Å². The number of guanidine groups is 1. The molecule has 0 unspecified atom stereocenters. The van der Waals surface area contributed by atoms with Gasteiger partial charge in [0.2, 0.25) is 5.96 Å². The second-order valence-electron chi connectivity index (χ2n) is 8.35. The van der Waals surface area contributed by atoms with E-state index in [2.05, 4.69) is 31.5 Å². The maximum absolute atomic E-state index is 12.3. The summed E-state index contributed by atoms with van der Waals surface area (Å²) in [5.74, 6) is 2.28. The molecule has 0 amide bonds. The number of anilines is 1. The highest BCUT2D eigenvalue weighted by Crippen LogP contribution is 2.35. The van der Waals surface area contributed by atoms with Gasteiger partial charge in [-0.25, -0.2) is 9.98 Å². The van der Waals surface area contributed by atoms with Crippen LogP contribution in [0.5, 0.6) is 0 Å². The average molecular weight is 406 g/mol. The Balaban J connectivity index is 1.16. The number of nitrogens with zero attached hydrogens (tertiary/aromatic N) is 3. The highest BCUT2D eigenvalue weighted by atomic mass is 16.1. The molecule has 0 bridgehead atoms. The summed E-state index contributed by atoms with van der Waals surface area (Å²) in [7, 11) is 0. The molecule has 30 heavy (non-hydrogen) atoms. The number of aromatic nitrogens is 2. The van der Waals surface area contributed by atoms with Crippen LogP contribution in [-0.2, 0) is 0 Å². The molecule has 2 saturated carbocycles. The van der Waals surface area contributed by atoms with Crippen LogP contribution < -0.4 is 27.0 Å². The smallest absolute Gasteiger partial charge is 0.258 e. The topological polar surface area (TPSA) is 95.4 Å². The average Bonchev–Trinajstić information content (AvgIpc) is 3.52. The van der Waals surface area contributed by atoms with E-state index in [0.717, 1.165) is 42.3 Å². The van der Waals surface area contributed by atoms with Gasteiger partial charge in [-0.3, -0.25) is 14.8 Å². The Kier molecular flexibility index (Phi) is 4.90. The predicted octanol–water partition coefficient (Wildman–Crippen LogP) is 2.18. The Labute approximate surface area is 175 Å². The largest absolute Gasteiger partial charge is 0.367 e. The lowest BCUT2D eigenvalue weighted by Gasteiger charge is -2.22. The molecule has 3 heterocycles. The summed E-state index contributed by atoms with van der Waals surface area (Å²) in [5.41, 5.74) is 9.08. The summed E-state index contributed by atoms with van der Waals surface area (Å²) in [5, 5.41) is 7.01. The fourth-order valence-corrected chi connectivity index (χ4v) is 4.07. The first-order valence-electron chi connectivity index (χ1n) is 10.6. The number of pyridine rings is 2. The molecule has 0 aromatic carbocycles. The molecule has 3 aliphatic rings. The first-order valence-corrected chi connectivity index (χ1v) is 10.6. The number of nitrogens with one attached hydrogen (secondary N) is 4. The van der Waals surface area contributed by atoms with Crippen LogP contribution >= 0.6 is 0 Å². The standard InChI is InChI=1S/C22H27N7O/c1-14-3-2-10-29(21(14)30)18-8-9-20(23-12-18)25-16-6-7-17(11-16)26-22-24-13-19(27-28-22)15-4-5-15/h2-3,8-10,12-13,15-17,27H,4-7,11H2,1H3,(H,23,25)(H2,24,26,28)/t16-,17-/m0/s1. The summed E-state index contributed by atoms with van der Waals surface area (Å²) in [6.07, 6.45) is 11.1. The Bertz CT molecular complexity index is 1040. The van der Waals surface area contributed by atoms with E-state index in [-0.39, 0.29) is 5.56 Å². The van der Waals surface area contributed by atoms with Gasteiger partial charge in [-0.15, -0.1) is 0 Å². The lowest BCUT2D eigenvalue weighted by Crippen LogP contribution is -2.50. The molecule has 8 heteroatoms. The van der Waals surface area contributed by atoms with Gasteiger partial charge in [-0.05, 0) is 57.2 Å². The van der Waals surface area contributed by atoms with Crippen molar-refractivity contribution in [1.82, 2.24) is 25.7 Å². The van der Waals surface area contributed by atoms with Gasteiger partial charge in [0.05, 0.1) is 23.8 Å². The van der Waals surface area contributed by atoms with Gasteiger partial charge in [0, 0.05) is 29.8 Å². The van der Waals surface area contributed by atoms with E-state index in [4.69, 9.17) is 0 Å². The zero-order valence-electron chi connectivity index (χ0n) is 17.1. The number of hydrazine groups is 1. The van der Waals surface area contributed by atoms with Gasteiger partial charge in [-0.1, -0.05) is 6.07 Å². The fraction of sp³-hybridized carbons (Fsp3) is 0.409. The van der Waals surface area contributed by atoms with E-state index >= 15 is 0 Å². The molecule has 2 aliphatic carbocycles. The number of hydrogen-bond acceptors (Lipinski definition) is 7. The maximum atomic E-state index is 12.3. The van der Waals surface area contributed by atoms with Gasteiger partial charge in [0.15, 0.2) is 0 Å². The van der Waals surface area contributed by atoms with Crippen LogP contribution in [0.4, 0.5) is 5.82 Å². The third-order valence-electron chi connectivity index (χ3n) is 5.96. The molecule has 0 radical (unpaired) electrons. The molecule has 2 atom stereocenters. The zero-order valence-corrected chi connectivity index (χ0v) is 17.1. The Morgan fingerprint density at radius 1 is 1.07 bits per heavy atom. The van der Waals surface area contributed by atoms with Gasteiger partial charge < -0.3 is 16.1 Å². The molecule has 2 aromatic rings. The van der Waals surface area contributed by atoms with Crippen molar-refractivity contribution >= 4 is 11.8 Å². The highest BCUT2D eigenvalue weighted by Gasteiger charge is 2.29. The van der Waals surface area contributed by atoms with Crippen molar-refractivity contribution in [1.29, 1.82) is 0 Å². The first-order chi connectivity index (χ1) is 14.7. The van der Waals surface area contributed by atoms with Gasteiger partial charge in [0.25, 0.3) is 5.56 Å². The predicted molar refractivity (Wildman–Crippen MR) is 117 cm³/mol. The Morgan fingerprint density at radius 3 is 2.60 bits per heavy atom. The van der Waals surface area contributed by atoms with E-state index in [1.54, 1.807) is 17.0 Å². The number of hydrogen-bond donors (Lipinski definition) is 4. The van der Waals surface area contributed by atoms with Crippen LogP contribution in [0.2, 0.25) is 0 Å². The van der Waals surface area contributed by atoms with Crippen molar-refractivity contribution in [3.8, 4) is 5.69 Å². The van der Waals surface area contributed by atoms with E-state index in [9.17, 15) is 4.79 Å². The van der Waals surface area contributed by atoms with E-state index in [1.807, 2.05) is 37.4 Å². The third-order valence-corrected chi connectivity index (χ3v) is 5.96. The van der Waals surface area contributed by atoms with Crippen molar-refractivity contribution in [2.45, 2.75) is 51.1 Å². The monoisotopic (exact) mass is 405 g/mol. The van der Waals surface area contributed by atoms with Crippen molar-refractivity contribution in [3.63, 3.8) is 0 Å². The van der Waals surface area contributed by atoms with Crippen LogP contribution in [0.3, 0.4) is 0 Å². The normalized spacial score (nSPS) is 23.1. The van der Waals surface area contributed by atoms with Crippen LogP contribution in [-0.4, -0.2) is 27.6 Å². The lowest BCUT2D eigenvalue weighted by molar-refractivity contribution is 0.584. The van der Waals surface area contributed by atoms with Crippen molar-refractivity contribution < 1.29 is 0 Å². The second kappa shape index (κ2) is 7.85. The molecule has 156 valence electrons. The summed E-state index contributed by atoms with van der Waals surface area (Å²) >= 11 is 0. The number of rotatable bonds is 5. The molecule has 1 aliphatic heterocycles. The van der Waals surface area contributed by atoms with Crippen LogP contribution in [0.1, 0.15) is 37.7 Å². The Hall–Kier alpha value is -3.29. The van der Waals surface area contributed by atoms with E-state index in [1.165, 1.54) is 18.5 Å². The minimum absolute atomic E-state index is 0.0162. The zero-order chi connectivity index (χ0) is 20.5. The molecular weight excluding hydrogens is 378 g/mol. The molecule has 8 nitrogen and oxygen atoms in total. The van der Waals surface area contributed by atoms with E-state index in [0.29, 0.717) is 18.0 Å². The molecule has 0 saturated heterocycles. The molecule has 2 aromatic heterocycles. The number of allylic oxidation sites excluding steroid dienone is 1. The number of aryl methyl sites for hydroxylation is 1. The minimum atomic E-state index is -0.0162. The summed E-state index contributed by atoms with van der Waals surface area (Å²) < 4.78 is 1.62. The summed E-state index contributed by atoms with van der Waals surface area (Å²) in [6, 6.07) is 8.29. The number of aliphatic imine (C=N–C) groups is 1. The Morgan fingerprint density at radius 2 is 1.90 bits per heavy atom. The molecule has 5 rings (SSSR count). The molecule has 2 fully saturated rings. The molecular formula is C22H27N7O. The molecule has 0 spiro atoms. The molecule has 4 N–H and O–H groups in total. The SMILES string of the molecule is Cc1cccn(-c2ccc(N[C@H]3CC[C@H](NC4=NC=C(C5CC5)NN4)C3)nc2)c1=O. The van der Waals surface area contributed by atoms with Crippen LogP contribution in [0.25, 0.3) is 5.69 Å². The fourth-order valence-electron chi connectivity index (χ4n) is 4.07. The lowest BCUT2D eigenvalue weighted by atomic mass is 10.2. The van der Waals surface area contributed by atoms with Crippen LogP contribution in [0, 0.1) is 12.8 Å². The van der Waals surface area contributed by atoms with Gasteiger partial charge >= 0.3 is 0 Å². The highest BCUT2D eigenvalue weighted by molar-refractivity contribution is 5.81. The van der Waals surface area contributed by atoms with Crippen molar-refractivity contribution in [2.24, 2.45) is 10.9 Å². The maximum Gasteiger partial charge on any atom is 0.258 e. The van der Waals surface area contributed by atoms with Gasteiger partial charge in [0.1, 0.15) is 5.82 Å². The van der Waals surface area contributed by atoms with Gasteiger partial charge in [-0.2, -0.15) is 0 Å². The first kappa shape index (κ1) is 18.7.